The molecule has 7 heteroatoms. The molecule has 0 aliphatic carbocycles. The molecule has 2 aromatic rings. The van der Waals surface area contributed by atoms with Gasteiger partial charge < -0.3 is 13.9 Å². The molecule has 1 fully saturated rings. The van der Waals surface area contributed by atoms with Gasteiger partial charge in [0.2, 0.25) is 0 Å². The zero-order valence-corrected chi connectivity index (χ0v) is 13.2. The van der Waals surface area contributed by atoms with Crippen LogP contribution in [0.15, 0.2) is 50.7 Å². The second kappa shape index (κ2) is 6.26. The van der Waals surface area contributed by atoms with E-state index in [4.69, 9.17) is 8.83 Å². The summed E-state index contributed by atoms with van der Waals surface area (Å²) >= 11 is 0. The minimum absolute atomic E-state index is 0.105. The van der Waals surface area contributed by atoms with Gasteiger partial charge in [-0.1, -0.05) is 0 Å². The number of furan rings is 2. The normalized spacial score (nSPS) is 24.5. The van der Waals surface area contributed by atoms with Gasteiger partial charge in [-0.25, -0.2) is 5.01 Å². The molecule has 126 valence electrons. The number of likely N-dealkylation sites (tertiary alicyclic amines) is 1. The highest BCUT2D eigenvalue weighted by Gasteiger charge is 2.36. The highest BCUT2D eigenvalue weighted by molar-refractivity contribution is 6.01. The molecule has 1 unspecified atom stereocenters. The first-order valence-corrected chi connectivity index (χ1v) is 8.08. The van der Waals surface area contributed by atoms with E-state index in [9.17, 15) is 9.90 Å². The zero-order valence-electron chi connectivity index (χ0n) is 13.2. The van der Waals surface area contributed by atoms with Gasteiger partial charge >= 0.3 is 0 Å². The number of nitrogens with zero attached hydrogens (tertiary/aromatic N) is 3. The summed E-state index contributed by atoms with van der Waals surface area (Å²) in [6.07, 6.45) is 4.10. The van der Waals surface area contributed by atoms with Gasteiger partial charge in [-0.2, -0.15) is 5.10 Å². The van der Waals surface area contributed by atoms with E-state index >= 15 is 0 Å². The molecule has 4 heterocycles. The van der Waals surface area contributed by atoms with E-state index in [2.05, 4.69) is 5.10 Å². The fraction of sp³-hybridized carbons (Fsp3) is 0.412. The summed E-state index contributed by atoms with van der Waals surface area (Å²) in [5.41, 5.74) is 0.733. The lowest BCUT2D eigenvalue weighted by Crippen LogP contribution is -2.37. The van der Waals surface area contributed by atoms with E-state index in [1.807, 2.05) is 17.0 Å². The van der Waals surface area contributed by atoms with Crippen molar-refractivity contribution in [2.75, 3.05) is 19.6 Å². The predicted molar refractivity (Wildman–Crippen MR) is 85.2 cm³/mol. The van der Waals surface area contributed by atoms with Gasteiger partial charge in [0.05, 0.1) is 25.2 Å². The van der Waals surface area contributed by atoms with Crippen molar-refractivity contribution in [1.82, 2.24) is 9.91 Å². The Labute approximate surface area is 139 Å². The molecule has 0 aromatic carbocycles. The standard InChI is InChI=1S/C17H19N3O4/c21-12-5-6-19(10-12)11-17(22)20-14(16-4-2-8-24-16)9-13(18-20)15-3-1-7-23-15/h1-4,7-8,12,14,21H,5-6,9-11H2/t12-,14?/m0/s1. The Hall–Kier alpha value is -2.38. The molecule has 0 radical (unpaired) electrons. The van der Waals surface area contributed by atoms with Crippen LogP contribution in [0.5, 0.6) is 0 Å². The van der Waals surface area contributed by atoms with Crippen LogP contribution in [0.4, 0.5) is 0 Å². The van der Waals surface area contributed by atoms with Gasteiger partial charge in [0.1, 0.15) is 23.3 Å². The second-order valence-electron chi connectivity index (χ2n) is 6.18. The van der Waals surface area contributed by atoms with Crippen molar-refractivity contribution >= 4 is 11.6 Å². The van der Waals surface area contributed by atoms with Gasteiger partial charge in [0, 0.05) is 19.5 Å². The molecule has 1 saturated heterocycles. The number of aliphatic hydroxyl groups excluding tert-OH is 1. The Morgan fingerprint density at radius 3 is 2.79 bits per heavy atom. The maximum atomic E-state index is 12.8. The molecule has 1 N–H and O–H groups in total. The van der Waals surface area contributed by atoms with E-state index in [1.165, 1.54) is 5.01 Å². The quantitative estimate of drug-likeness (QED) is 0.921. The zero-order chi connectivity index (χ0) is 16.5. The molecule has 2 aliphatic rings. The van der Waals surface area contributed by atoms with Crippen LogP contribution in [0.1, 0.15) is 30.4 Å². The topological polar surface area (TPSA) is 82.4 Å². The lowest BCUT2D eigenvalue weighted by atomic mass is 10.1. The summed E-state index contributed by atoms with van der Waals surface area (Å²) < 4.78 is 10.9. The number of amides is 1. The molecule has 0 bridgehead atoms. The average molecular weight is 329 g/mol. The number of rotatable bonds is 4. The second-order valence-corrected chi connectivity index (χ2v) is 6.18. The fourth-order valence-electron chi connectivity index (χ4n) is 3.25. The molecule has 7 nitrogen and oxygen atoms in total. The van der Waals surface area contributed by atoms with Crippen LogP contribution >= 0.6 is 0 Å². The van der Waals surface area contributed by atoms with E-state index in [-0.39, 0.29) is 24.6 Å². The van der Waals surface area contributed by atoms with Crippen LogP contribution in [0, 0.1) is 0 Å². The summed E-state index contributed by atoms with van der Waals surface area (Å²) in [6, 6.07) is 7.03. The van der Waals surface area contributed by atoms with Crippen molar-refractivity contribution in [3.8, 4) is 0 Å². The number of aliphatic hydroxyl groups is 1. The average Bonchev–Trinajstić information content (AvgIpc) is 3.34. The maximum Gasteiger partial charge on any atom is 0.257 e. The van der Waals surface area contributed by atoms with Crippen molar-refractivity contribution in [2.45, 2.75) is 25.0 Å². The largest absolute Gasteiger partial charge is 0.467 e. The number of hydrogen-bond donors (Lipinski definition) is 1. The number of carbonyl (C=O) groups excluding carboxylic acids is 1. The molecular formula is C17H19N3O4. The first kappa shape index (κ1) is 15.2. The lowest BCUT2D eigenvalue weighted by Gasteiger charge is -2.22. The van der Waals surface area contributed by atoms with Gasteiger partial charge in [-0.3, -0.25) is 9.69 Å². The third kappa shape index (κ3) is 2.88. The van der Waals surface area contributed by atoms with Crippen LogP contribution in [0.3, 0.4) is 0 Å². The van der Waals surface area contributed by atoms with Crippen LogP contribution < -0.4 is 0 Å². The maximum absolute atomic E-state index is 12.8. The van der Waals surface area contributed by atoms with Gasteiger partial charge in [0.25, 0.3) is 5.91 Å². The fourth-order valence-corrected chi connectivity index (χ4v) is 3.25. The summed E-state index contributed by atoms with van der Waals surface area (Å²) in [6.45, 7) is 1.49. The highest BCUT2D eigenvalue weighted by atomic mass is 16.3. The smallest absolute Gasteiger partial charge is 0.257 e. The summed E-state index contributed by atoms with van der Waals surface area (Å²) in [5.74, 6) is 1.26. The Balaban J connectivity index is 1.55. The molecule has 1 amide bonds. The minimum Gasteiger partial charge on any atom is -0.467 e. The van der Waals surface area contributed by atoms with Crippen LogP contribution in [0.25, 0.3) is 0 Å². The lowest BCUT2D eigenvalue weighted by molar-refractivity contribution is -0.134. The van der Waals surface area contributed by atoms with Crippen LogP contribution in [0.2, 0.25) is 0 Å². The highest BCUT2D eigenvalue weighted by Crippen LogP contribution is 2.33. The monoisotopic (exact) mass is 329 g/mol. The van der Waals surface area contributed by atoms with Gasteiger partial charge in [-0.05, 0) is 30.7 Å². The number of hydrazone groups is 1. The first-order chi connectivity index (χ1) is 11.7. The van der Waals surface area contributed by atoms with E-state index in [1.54, 1.807) is 24.7 Å². The molecule has 24 heavy (non-hydrogen) atoms. The van der Waals surface area contributed by atoms with Gasteiger partial charge in [0.15, 0.2) is 0 Å². The van der Waals surface area contributed by atoms with E-state index in [0.29, 0.717) is 30.9 Å². The minimum atomic E-state index is -0.348. The summed E-state index contributed by atoms with van der Waals surface area (Å²) in [5, 5.41) is 15.6. The molecule has 0 saturated carbocycles. The first-order valence-electron chi connectivity index (χ1n) is 8.08. The van der Waals surface area contributed by atoms with Crippen LogP contribution in [-0.2, 0) is 4.79 Å². The van der Waals surface area contributed by atoms with E-state index < -0.39 is 0 Å². The molecule has 2 aliphatic heterocycles. The Bertz CT molecular complexity index is 723. The SMILES string of the molecule is O=C(CN1CC[C@H](O)C1)N1N=C(c2ccco2)CC1c1ccco1. The third-order valence-electron chi connectivity index (χ3n) is 4.45. The van der Waals surface area contributed by atoms with Crippen molar-refractivity contribution in [3.05, 3.63) is 48.3 Å². The molecule has 0 spiro atoms. The Kier molecular flexibility index (Phi) is 3.95. The van der Waals surface area contributed by atoms with Gasteiger partial charge in [-0.15, -0.1) is 0 Å². The summed E-state index contributed by atoms with van der Waals surface area (Å²) in [7, 11) is 0. The Morgan fingerprint density at radius 1 is 1.29 bits per heavy atom. The van der Waals surface area contributed by atoms with Crippen molar-refractivity contribution < 1.29 is 18.7 Å². The third-order valence-corrected chi connectivity index (χ3v) is 4.45. The number of carbonyl (C=O) groups is 1. The van der Waals surface area contributed by atoms with Crippen molar-refractivity contribution in [1.29, 1.82) is 0 Å². The molecular weight excluding hydrogens is 310 g/mol. The van der Waals surface area contributed by atoms with E-state index in [0.717, 1.165) is 12.3 Å². The van der Waals surface area contributed by atoms with Crippen LogP contribution in [-0.4, -0.2) is 52.4 Å². The molecule has 2 atom stereocenters. The molecule has 2 aromatic heterocycles. The number of hydrogen-bond acceptors (Lipinski definition) is 6. The van der Waals surface area contributed by atoms with Crippen molar-refractivity contribution in [2.24, 2.45) is 5.10 Å². The molecule has 4 rings (SSSR count). The summed E-state index contributed by atoms with van der Waals surface area (Å²) in [4.78, 5) is 14.7. The van der Waals surface area contributed by atoms with Crippen molar-refractivity contribution in [3.63, 3.8) is 0 Å². The Morgan fingerprint density at radius 2 is 2.12 bits per heavy atom. The predicted octanol–water partition coefficient (Wildman–Crippen LogP) is 1.62. The number of β-amino-alcohol motifs (C(OH)–C–C–N with tert-alkyl or cyclic N) is 1.